The Morgan fingerprint density at radius 3 is 2.88 bits per heavy atom. The normalized spacial score (nSPS) is 11.0. The first-order chi connectivity index (χ1) is 7.77. The van der Waals surface area contributed by atoms with Gasteiger partial charge in [0.05, 0.1) is 5.52 Å². The van der Waals surface area contributed by atoms with Gasteiger partial charge in [-0.15, -0.1) is 0 Å². The van der Waals surface area contributed by atoms with E-state index >= 15 is 0 Å². The SMILES string of the molecule is NC(=O)c1ncn2c1ncc1ccccc12. The topological polar surface area (TPSA) is 73.3 Å². The van der Waals surface area contributed by atoms with Crippen molar-refractivity contribution < 1.29 is 4.79 Å². The van der Waals surface area contributed by atoms with Crippen molar-refractivity contribution in [3.05, 3.63) is 42.5 Å². The summed E-state index contributed by atoms with van der Waals surface area (Å²) in [6.07, 6.45) is 3.27. The maximum absolute atomic E-state index is 11.1. The Kier molecular flexibility index (Phi) is 1.67. The summed E-state index contributed by atoms with van der Waals surface area (Å²) >= 11 is 0. The standard InChI is InChI=1S/C11H8N4O/c12-10(16)9-11-13-5-7-3-1-2-4-8(7)15(11)6-14-9/h1-6H,(H2,12,16). The van der Waals surface area contributed by atoms with Gasteiger partial charge in [0.1, 0.15) is 6.33 Å². The van der Waals surface area contributed by atoms with Crippen LogP contribution in [-0.2, 0) is 0 Å². The van der Waals surface area contributed by atoms with E-state index in [1.807, 2.05) is 24.3 Å². The van der Waals surface area contributed by atoms with E-state index in [1.54, 1.807) is 16.9 Å². The number of carbonyl (C=O) groups is 1. The minimum atomic E-state index is -0.565. The summed E-state index contributed by atoms with van der Waals surface area (Å²) in [7, 11) is 0. The van der Waals surface area contributed by atoms with E-state index < -0.39 is 5.91 Å². The molecule has 16 heavy (non-hydrogen) atoms. The van der Waals surface area contributed by atoms with E-state index in [1.165, 1.54) is 0 Å². The Balaban J connectivity index is 2.49. The van der Waals surface area contributed by atoms with Crippen molar-refractivity contribution in [2.75, 3.05) is 0 Å². The summed E-state index contributed by atoms with van der Waals surface area (Å²) in [6, 6.07) is 7.75. The fourth-order valence-corrected chi connectivity index (χ4v) is 1.76. The summed E-state index contributed by atoms with van der Waals surface area (Å²) in [5.74, 6) is -0.565. The van der Waals surface area contributed by atoms with Crippen LogP contribution in [0.1, 0.15) is 10.5 Å². The molecule has 2 aromatic heterocycles. The number of aromatic nitrogens is 3. The molecule has 5 heteroatoms. The van der Waals surface area contributed by atoms with E-state index in [4.69, 9.17) is 5.73 Å². The van der Waals surface area contributed by atoms with Gasteiger partial charge in [-0.3, -0.25) is 9.20 Å². The number of hydrogen-bond donors (Lipinski definition) is 1. The van der Waals surface area contributed by atoms with E-state index in [2.05, 4.69) is 9.97 Å². The highest BCUT2D eigenvalue weighted by Crippen LogP contribution is 2.16. The first-order valence-electron chi connectivity index (χ1n) is 4.78. The van der Waals surface area contributed by atoms with Crippen molar-refractivity contribution in [1.82, 2.24) is 14.4 Å². The predicted molar refractivity (Wildman–Crippen MR) is 59.0 cm³/mol. The molecule has 0 spiro atoms. The first-order valence-corrected chi connectivity index (χ1v) is 4.78. The minimum absolute atomic E-state index is 0.200. The highest BCUT2D eigenvalue weighted by atomic mass is 16.1. The first kappa shape index (κ1) is 8.84. The number of nitrogens with zero attached hydrogens (tertiary/aromatic N) is 3. The van der Waals surface area contributed by atoms with Crippen LogP contribution >= 0.6 is 0 Å². The minimum Gasteiger partial charge on any atom is -0.364 e. The number of primary amides is 1. The lowest BCUT2D eigenvalue weighted by atomic mass is 10.2. The highest BCUT2D eigenvalue weighted by molar-refractivity contribution is 5.97. The third-order valence-corrected chi connectivity index (χ3v) is 2.50. The molecule has 0 saturated carbocycles. The molecule has 0 radical (unpaired) electrons. The lowest BCUT2D eigenvalue weighted by Gasteiger charge is -2.00. The van der Waals surface area contributed by atoms with Crippen molar-refractivity contribution in [3.8, 4) is 0 Å². The molecule has 0 aliphatic carbocycles. The van der Waals surface area contributed by atoms with Crippen molar-refractivity contribution >= 4 is 22.5 Å². The quantitative estimate of drug-likeness (QED) is 0.653. The van der Waals surface area contributed by atoms with Crippen molar-refractivity contribution in [2.45, 2.75) is 0 Å². The molecule has 1 amide bonds. The monoisotopic (exact) mass is 212 g/mol. The van der Waals surface area contributed by atoms with Gasteiger partial charge in [0.25, 0.3) is 5.91 Å². The number of carbonyl (C=O) groups excluding carboxylic acids is 1. The van der Waals surface area contributed by atoms with Crippen LogP contribution in [0.25, 0.3) is 16.6 Å². The molecule has 5 nitrogen and oxygen atoms in total. The number of fused-ring (bicyclic) bond motifs is 3. The number of benzene rings is 1. The van der Waals surface area contributed by atoms with Crippen molar-refractivity contribution in [1.29, 1.82) is 0 Å². The molecule has 0 fully saturated rings. The average Bonchev–Trinajstić information content (AvgIpc) is 2.73. The zero-order valence-corrected chi connectivity index (χ0v) is 8.29. The molecule has 1 aromatic carbocycles. The Hall–Kier alpha value is -2.43. The van der Waals surface area contributed by atoms with E-state index in [-0.39, 0.29) is 5.69 Å². The fraction of sp³-hybridized carbons (Fsp3) is 0. The number of nitrogens with two attached hydrogens (primary N) is 1. The maximum atomic E-state index is 11.1. The van der Waals surface area contributed by atoms with Crippen LogP contribution in [0.2, 0.25) is 0 Å². The molecule has 0 unspecified atom stereocenters. The predicted octanol–water partition coefficient (Wildman–Crippen LogP) is 0.981. The van der Waals surface area contributed by atoms with Crippen molar-refractivity contribution in [3.63, 3.8) is 0 Å². The molecule has 78 valence electrons. The Labute approximate surface area is 90.5 Å². The molecule has 3 rings (SSSR count). The molecule has 0 atom stereocenters. The van der Waals surface area contributed by atoms with Crippen LogP contribution in [0.15, 0.2) is 36.8 Å². The van der Waals surface area contributed by atoms with Crippen LogP contribution in [-0.4, -0.2) is 20.3 Å². The summed E-state index contributed by atoms with van der Waals surface area (Å²) in [6.45, 7) is 0. The van der Waals surface area contributed by atoms with Gasteiger partial charge in [-0.1, -0.05) is 18.2 Å². The number of hydrogen-bond acceptors (Lipinski definition) is 3. The lowest BCUT2D eigenvalue weighted by Crippen LogP contribution is -2.12. The average molecular weight is 212 g/mol. The molecule has 0 saturated heterocycles. The molecule has 0 aliphatic heterocycles. The van der Waals surface area contributed by atoms with Crippen LogP contribution in [0.3, 0.4) is 0 Å². The zero-order valence-electron chi connectivity index (χ0n) is 8.29. The lowest BCUT2D eigenvalue weighted by molar-refractivity contribution is 0.0997. The van der Waals surface area contributed by atoms with Gasteiger partial charge in [0, 0.05) is 11.6 Å². The third-order valence-electron chi connectivity index (χ3n) is 2.50. The molecular formula is C11H8N4O. The number of para-hydroxylation sites is 1. The summed E-state index contributed by atoms with van der Waals surface area (Å²) in [5, 5.41) is 0.989. The fourth-order valence-electron chi connectivity index (χ4n) is 1.76. The van der Waals surface area contributed by atoms with Gasteiger partial charge >= 0.3 is 0 Å². The zero-order chi connectivity index (χ0) is 11.1. The number of imidazole rings is 1. The molecule has 0 aliphatic rings. The smallest absolute Gasteiger partial charge is 0.271 e. The Bertz CT molecular complexity index is 701. The van der Waals surface area contributed by atoms with Gasteiger partial charge in [0.2, 0.25) is 0 Å². The second-order valence-corrected chi connectivity index (χ2v) is 3.47. The summed E-state index contributed by atoms with van der Waals surface area (Å²) < 4.78 is 1.76. The van der Waals surface area contributed by atoms with Gasteiger partial charge in [-0.05, 0) is 6.07 Å². The molecule has 2 N–H and O–H groups in total. The summed E-state index contributed by atoms with van der Waals surface area (Å²) in [5.41, 5.74) is 6.86. The van der Waals surface area contributed by atoms with Crippen LogP contribution < -0.4 is 5.73 Å². The van der Waals surface area contributed by atoms with Gasteiger partial charge in [0.15, 0.2) is 11.3 Å². The van der Waals surface area contributed by atoms with Crippen LogP contribution in [0.4, 0.5) is 0 Å². The molecule has 0 bridgehead atoms. The van der Waals surface area contributed by atoms with E-state index in [0.717, 1.165) is 10.9 Å². The van der Waals surface area contributed by atoms with Crippen LogP contribution in [0, 0.1) is 0 Å². The van der Waals surface area contributed by atoms with E-state index in [9.17, 15) is 4.79 Å². The Morgan fingerprint density at radius 2 is 2.06 bits per heavy atom. The molecule has 3 aromatic rings. The van der Waals surface area contributed by atoms with Crippen molar-refractivity contribution in [2.24, 2.45) is 5.73 Å². The third kappa shape index (κ3) is 1.08. The largest absolute Gasteiger partial charge is 0.364 e. The van der Waals surface area contributed by atoms with E-state index in [0.29, 0.717) is 5.65 Å². The molecular weight excluding hydrogens is 204 g/mol. The Morgan fingerprint density at radius 1 is 1.25 bits per heavy atom. The maximum Gasteiger partial charge on any atom is 0.271 e. The number of amides is 1. The van der Waals surface area contributed by atoms with Crippen LogP contribution in [0.5, 0.6) is 0 Å². The second-order valence-electron chi connectivity index (χ2n) is 3.47. The highest BCUT2D eigenvalue weighted by Gasteiger charge is 2.12. The van der Waals surface area contributed by atoms with Gasteiger partial charge in [-0.25, -0.2) is 9.97 Å². The van der Waals surface area contributed by atoms with Gasteiger partial charge < -0.3 is 5.73 Å². The second kappa shape index (κ2) is 3.03. The molecule has 2 heterocycles. The summed E-state index contributed by atoms with van der Waals surface area (Å²) in [4.78, 5) is 19.3. The van der Waals surface area contributed by atoms with Gasteiger partial charge in [-0.2, -0.15) is 0 Å². The number of rotatable bonds is 1.